The van der Waals surface area contributed by atoms with Crippen LogP contribution in [0.15, 0.2) is 22.9 Å². The van der Waals surface area contributed by atoms with Crippen LogP contribution in [0.2, 0.25) is 0 Å². The quantitative estimate of drug-likeness (QED) is 0.889. The van der Waals surface area contributed by atoms with Crippen molar-refractivity contribution in [3.63, 3.8) is 0 Å². The Morgan fingerprint density at radius 2 is 2.22 bits per heavy atom. The predicted octanol–water partition coefficient (Wildman–Crippen LogP) is 2.33. The molecular formula is C15H14F3N3O2. The third-order valence-electron chi connectivity index (χ3n) is 4.64. The summed E-state index contributed by atoms with van der Waals surface area (Å²) >= 11 is 0. The van der Waals surface area contributed by atoms with Crippen LogP contribution in [0.4, 0.5) is 13.2 Å². The number of nitrogens with zero attached hydrogens (tertiary/aromatic N) is 1. The molecule has 2 aromatic heterocycles. The lowest BCUT2D eigenvalue weighted by molar-refractivity contribution is -0.136. The third-order valence-corrected chi connectivity index (χ3v) is 4.64. The van der Waals surface area contributed by atoms with Crippen LogP contribution < -0.4 is 10.6 Å². The summed E-state index contributed by atoms with van der Waals surface area (Å²) in [6, 6.07) is 1.38. The molecule has 122 valence electrons. The van der Waals surface area contributed by atoms with E-state index in [1.54, 1.807) is 0 Å². The molecule has 1 aliphatic heterocycles. The lowest BCUT2D eigenvalue weighted by atomic mass is 10.1. The number of carbonyl (C=O) groups is 1. The second kappa shape index (κ2) is 4.95. The van der Waals surface area contributed by atoms with E-state index < -0.39 is 17.6 Å². The van der Waals surface area contributed by atoms with Crippen LogP contribution in [0.5, 0.6) is 0 Å². The molecule has 2 N–H and O–H groups in total. The summed E-state index contributed by atoms with van der Waals surface area (Å²) in [5.41, 5.74) is -0.923. The van der Waals surface area contributed by atoms with Crippen molar-refractivity contribution in [2.45, 2.75) is 31.1 Å². The molecule has 2 aliphatic rings. The fourth-order valence-corrected chi connectivity index (χ4v) is 3.53. The summed E-state index contributed by atoms with van der Waals surface area (Å²) in [7, 11) is 0. The van der Waals surface area contributed by atoms with Crippen LogP contribution in [-0.4, -0.2) is 29.5 Å². The number of furan rings is 1. The number of aromatic nitrogens is 1. The first-order valence-corrected chi connectivity index (χ1v) is 7.40. The van der Waals surface area contributed by atoms with Gasteiger partial charge in [-0.3, -0.25) is 4.79 Å². The number of piperidine rings is 1. The predicted molar refractivity (Wildman–Crippen MR) is 74.8 cm³/mol. The van der Waals surface area contributed by atoms with Gasteiger partial charge in [0.15, 0.2) is 5.58 Å². The van der Waals surface area contributed by atoms with Crippen LogP contribution in [-0.2, 0) is 6.18 Å². The van der Waals surface area contributed by atoms with Gasteiger partial charge < -0.3 is 15.1 Å². The first-order valence-electron chi connectivity index (χ1n) is 7.40. The highest BCUT2D eigenvalue weighted by Crippen LogP contribution is 2.36. The highest BCUT2D eigenvalue weighted by molar-refractivity contribution is 5.96. The van der Waals surface area contributed by atoms with Gasteiger partial charge in [0.25, 0.3) is 5.91 Å². The molecule has 1 saturated heterocycles. The third kappa shape index (κ3) is 2.46. The zero-order chi connectivity index (χ0) is 16.2. The molecule has 23 heavy (non-hydrogen) atoms. The Kier molecular flexibility index (Phi) is 3.12. The van der Waals surface area contributed by atoms with Gasteiger partial charge in [0.05, 0.1) is 6.20 Å². The van der Waals surface area contributed by atoms with Crippen molar-refractivity contribution in [1.29, 1.82) is 0 Å². The maximum atomic E-state index is 12.9. The number of hydrogen-bond donors (Lipinski definition) is 2. The number of nitrogens with one attached hydrogen (secondary N) is 2. The van der Waals surface area contributed by atoms with Crippen molar-refractivity contribution in [1.82, 2.24) is 15.6 Å². The van der Waals surface area contributed by atoms with Gasteiger partial charge in [0.2, 0.25) is 0 Å². The van der Waals surface area contributed by atoms with E-state index in [2.05, 4.69) is 15.6 Å². The minimum atomic E-state index is -4.53. The normalized spacial score (nSPS) is 26.8. The van der Waals surface area contributed by atoms with Crippen molar-refractivity contribution in [2.75, 3.05) is 6.54 Å². The molecule has 5 nitrogen and oxygen atoms in total. The molecule has 8 heteroatoms. The van der Waals surface area contributed by atoms with E-state index in [1.165, 1.54) is 0 Å². The minimum Gasteiger partial charge on any atom is -0.462 e. The van der Waals surface area contributed by atoms with Gasteiger partial charge in [-0.25, -0.2) is 4.98 Å². The molecule has 2 bridgehead atoms. The van der Waals surface area contributed by atoms with Gasteiger partial charge in [0.1, 0.15) is 17.5 Å². The molecule has 1 amide bonds. The SMILES string of the molecule is O=C(NC1CC2CNC1C2)c1cc2c(C(F)(F)F)coc2cn1. The van der Waals surface area contributed by atoms with Crippen LogP contribution in [0.3, 0.4) is 0 Å². The Hall–Kier alpha value is -2.09. The topological polar surface area (TPSA) is 67.2 Å². The number of pyridine rings is 1. The molecule has 1 aliphatic carbocycles. The summed E-state index contributed by atoms with van der Waals surface area (Å²) in [4.78, 5) is 16.2. The summed E-state index contributed by atoms with van der Waals surface area (Å²) in [6.07, 6.45) is -0.816. The maximum absolute atomic E-state index is 12.9. The molecule has 0 radical (unpaired) electrons. The smallest absolute Gasteiger partial charge is 0.420 e. The summed E-state index contributed by atoms with van der Waals surface area (Å²) in [5, 5.41) is 6.04. The Labute approximate surface area is 129 Å². The molecule has 3 unspecified atom stereocenters. The van der Waals surface area contributed by atoms with Crippen molar-refractivity contribution in [3.05, 3.63) is 29.8 Å². The van der Waals surface area contributed by atoms with Gasteiger partial charge in [-0.05, 0) is 31.4 Å². The van der Waals surface area contributed by atoms with E-state index in [4.69, 9.17) is 4.42 Å². The first-order chi connectivity index (χ1) is 10.9. The monoisotopic (exact) mass is 325 g/mol. The largest absolute Gasteiger partial charge is 0.462 e. The summed E-state index contributed by atoms with van der Waals surface area (Å²) in [6.45, 7) is 0.964. The standard InChI is InChI=1S/C15H14F3N3O2/c16-15(17,18)9-6-23-13-5-20-12(3-8(9)13)14(22)21-11-2-7-1-10(11)19-4-7/h3,5-7,10-11,19H,1-2,4H2,(H,21,22). The summed E-state index contributed by atoms with van der Waals surface area (Å²) < 4.78 is 43.6. The van der Waals surface area contributed by atoms with Crippen LogP contribution in [0, 0.1) is 5.92 Å². The van der Waals surface area contributed by atoms with E-state index in [-0.39, 0.29) is 28.7 Å². The van der Waals surface area contributed by atoms with Gasteiger partial charge in [0, 0.05) is 17.5 Å². The molecule has 0 aromatic carbocycles. The van der Waals surface area contributed by atoms with E-state index in [1.807, 2.05) is 0 Å². The molecule has 0 spiro atoms. The van der Waals surface area contributed by atoms with Crippen LogP contribution in [0.25, 0.3) is 11.0 Å². The Balaban J connectivity index is 1.60. The Morgan fingerprint density at radius 1 is 1.39 bits per heavy atom. The fraction of sp³-hybridized carbons (Fsp3) is 0.467. The van der Waals surface area contributed by atoms with Crippen LogP contribution in [0.1, 0.15) is 28.9 Å². The second-order valence-electron chi connectivity index (χ2n) is 6.14. The van der Waals surface area contributed by atoms with E-state index >= 15 is 0 Å². The number of hydrogen-bond acceptors (Lipinski definition) is 4. The average molecular weight is 325 g/mol. The second-order valence-corrected chi connectivity index (χ2v) is 6.14. The van der Waals surface area contributed by atoms with Crippen molar-refractivity contribution < 1.29 is 22.4 Å². The zero-order valence-corrected chi connectivity index (χ0v) is 12.0. The number of rotatable bonds is 2. The van der Waals surface area contributed by atoms with Crippen molar-refractivity contribution in [2.24, 2.45) is 5.92 Å². The molecular weight excluding hydrogens is 311 g/mol. The molecule has 3 atom stereocenters. The van der Waals surface area contributed by atoms with Gasteiger partial charge in [-0.2, -0.15) is 13.2 Å². The molecule has 2 fully saturated rings. The van der Waals surface area contributed by atoms with E-state index in [0.717, 1.165) is 31.6 Å². The van der Waals surface area contributed by atoms with Gasteiger partial charge in [-0.1, -0.05) is 0 Å². The van der Waals surface area contributed by atoms with Gasteiger partial charge >= 0.3 is 6.18 Å². The Bertz CT molecular complexity index is 771. The number of fused-ring (bicyclic) bond motifs is 3. The van der Waals surface area contributed by atoms with Crippen molar-refractivity contribution >= 4 is 16.9 Å². The molecule has 3 heterocycles. The van der Waals surface area contributed by atoms with Crippen LogP contribution >= 0.6 is 0 Å². The number of halogens is 3. The average Bonchev–Trinajstić information content (AvgIpc) is 3.20. The highest BCUT2D eigenvalue weighted by Gasteiger charge is 2.40. The summed E-state index contributed by atoms with van der Waals surface area (Å²) in [5.74, 6) is 0.104. The maximum Gasteiger partial charge on any atom is 0.420 e. The number of alkyl halides is 3. The Morgan fingerprint density at radius 3 is 2.87 bits per heavy atom. The van der Waals surface area contributed by atoms with Crippen molar-refractivity contribution in [3.8, 4) is 0 Å². The highest BCUT2D eigenvalue weighted by atomic mass is 19.4. The van der Waals surface area contributed by atoms with E-state index in [9.17, 15) is 18.0 Å². The number of amides is 1. The zero-order valence-electron chi connectivity index (χ0n) is 12.0. The first kappa shape index (κ1) is 14.5. The van der Waals surface area contributed by atoms with E-state index in [0.29, 0.717) is 12.2 Å². The molecule has 4 rings (SSSR count). The lowest BCUT2D eigenvalue weighted by Gasteiger charge is -2.23. The molecule has 2 aromatic rings. The minimum absolute atomic E-state index is 0.00480. The number of carbonyl (C=O) groups excluding carboxylic acids is 1. The fourth-order valence-electron chi connectivity index (χ4n) is 3.53. The molecule has 1 saturated carbocycles. The van der Waals surface area contributed by atoms with Gasteiger partial charge in [-0.15, -0.1) is 0 Å². The lowest BCUT2D eigenvalue weighted by Crippen LogP contribution is -2.48.